The molecule has 0 radical (unpaired) electrons. The van der Waals surface area contributed by atoms with E-state index < -0.39 is 0 Å². The summed E-state index contributed by atoms with van der Waals surface area (Å²) in [6, 6.07) is 4.43. The van der Waals surface area contributed by atoms with Crippen molar-refractivity contribution in [2.75, 3.05) is 0 Å². The Hall–Kier alpha value is -1.35. The molecule has 114 valence electrons. The van der Waals surface area contributed by atoms with E-state index in [4.69, 9.17) is 5.73 Å². The van der Waals surface area contributed by atoms with Crippen LogP contribution in [0.2, 0.25) is 0 Å². The van der Waals surface area contributed by atoms with Crippen LogP contribution in [0.4, 0.5) is 0 Å². The zero-order chi connectivity index (χ0) is 15.1. The number of carbonyl (C=O) groups is 1. The molecule has 1 aromatic carbocycles. The average molecular weight is 286 g/mol. The highest BCUT2D eigenvalue weighted by Gasteiger charge is 2.48. The number of amides is 1. The molecular formula is C18H26N2O. The number of nitrogens with two attached hydrogens (primary N) is 1. The van der Waals surface area contributed by atoms with Crippen LogP contribution < -0.4 is 11.1 Å². The number of benzene rings is 1. The lowest BCUT2D eigenvalue weighted by atomic mass is 9.84. The van der Waals surface area contributed by atoms with E-state index in [1.807, 2.05) is 0 Å². The maximum atomic E-state index is 12.5. The maximum absolute atomic E-state index is 12.5. The minimum Gasteiger partial charge on any atom is -0.352 e. The Morgan fingerprint density at radius 2 is 1.81 bits per heavy atom. The van der Waals surface area contributed by atoms with E-state index in [1.165, 1.54) is 35.1 Å². The van der Waals surface area contributed by atoms with Gasteiger partial charge in [-0.2, -0.15) is 0 Å². The average Bonchev–Trinajstić information content (AvgIpc) is 2.97. The van der Waals surface area contributed by atoms with Crippen LogP contribution in [-0.2, 0) is 11.3 Å². The molecule has 0 heterocycles. The largest absolute Gasteiger partial charge is 0.352 e. The summed E-state index contributed by atoms with van der Waals surface area (Å²) in [6.07, 6.45) is 3.55. The molecule has 4 unspecified atom stereocenters. The Bertz CT molecular complexity index is 541. The molecule has 4 atom stereocenters. The van der Waals surface area contributed by atoms with Crippen LogP contribution in [0.1, 0.15) is 41.5 Å². The molecule has 2 aliphatic rings. The standard InChI is InChI=1S/C18H26N2O/c1-10-6-11(2)15(12(3)7-10)9-20-18(21)16-13-4-5-14(8-13)17(16)19/h6-7,13-14,16-17H,4-5,8-9,19H2,1-3H3,(H,20,21). The van der Waals surface area contributed by atoms with E-state index in [0.29, 0.717) is 18.4 Å². The number of rotatable bonds is 3. The second-order valence-corrected chi connectivity index (χ2v) is 7.03. The first-order chi connectivity index (χ1) is 9.97. The molecule has 1 amide bonds. The van der Waals surface area contributed by atoms with Crippen LogP contribution >= 0.6 is 0 Å². The van der Waals surface area contributed by atoms with E-state index in [0.717, 1.165) is 6.42 Å². The minimum absolute atomic E-state index is 0.0369. The van der Waals surface area contributed by atoms with Crippen molar-refractivity contribution in [2.24, 2.45) is 23.5 Å². The number of hydrogen-bond donors (Lipinski definition) is 2. The summed E-state index contributed by atoms with van der Waals surface area (Å²) in [5.41, 5.74) is 11.3. The predicted molar refractivity (Wildman–Crippen MR) is 84.8 cm³/mol. The highest BCUT2D eigenvalue weighted by atomic mass is 16.1. The van der Waals surface area contributed by atoms with Crippen LogP contribution in [0.3, 0.4) is 0 Å². The van der Waals surface area contributed by atoms with Crippen molar-refractivity contribution in [1.29, 1.82) is 0 Å². The molecule has 0 aromatic heterocycles. The van der Waals surface area contributed by atoms with Crippen molar-refractivity contribution in [3.63, 3.8) is 0 Å². The quantitative estimate of drug-likeness (QED) is 0.897. The van der Waals surface area contributed by atoms with E-state index >= 15 is 0 Å². The SMILES string of the molecule is Cc1cc(C)c(CNC(=O)C2C3CCC(C3)C2N)c(C)c1. The van der Waals surface area contributed by atoms with Gasteiger partial charge in [-0.1, -0.05) is 17.7 Å². The van der Waals surface area contributed by atoms with E-state index in [-0.39, 0.29) is 17.9 Å². The fourth-order valence-electron chi connectivity index (χ4n) is 4.51. The van der Waals surface area contributed by atoms with Crippen LogP contribution in [-0.4, -0.2) is 11.9 Å². The molecule has 2 aliphatic carbocycles. The molecule has 1 aromatic rings. The molecule has 2 saturated carbocycles. The third-order valence-electron chi connectivity index (χ3n) is 5.56. The molecule has 21 heavy (non-hydrogen) atoms. The lowest BCUT2D eigenvalue weighted by molar-refractivity contribution is -0.127. The highest BCUT2D eigenvalue weighted by molar-refractivity contribution is 5.80. The summed E-state index contributed by atoms with van der Waals surface area (Å²) in [7, 11) is 0. The van der Waals surface area contributed by atoms with Gasteiger partial charge in [0.2, 0.25) is 5.91 Å². The normalized spacial score (nSPS) is 30.7. The van der Waals surface area contributed by atoms with Crippen LogP contribution in [0.25, 0.3) is 0 Å². The smallest absolute Gasteiger partial charge is 0.225 e. The predicted octanol–water partition coefficient (Wildman–Crippen LogP) is 2.60. The molecule has 0 spiro atoms. The molecule has 0 saturated heterocycles. The summed E-state index contributed by atoms with van der Waals surface area (Å²) in [4.78, 5) is 12.5. The van der Waals surface area contributed by atoms with Gasteiger partial charge in [0.25, 0.3) is 0 Å². The highest BCUT2D eigenvalue weighted by Crippen LogP contribution is 2.47. The van der Waals surface area contributed by atoms with Crippen molar-refractivity contribution in [2.45, 2.75) is 52.6 Å². The maximum Gasteiger partial charge on any atom is 0.225 e. The summed E-state index contributed by atoms with van der Waals surface area (Å²) in [5, 5.41) is 3.14. The van der Waals surface area contributed by atoms with Gasteiger partial charge in [0.1, 0.15) is 0 Å². The molecular weight excluding hydrogens is 260 g/mol. The van der Waals surface area contributed by atoms with Gasteiger partial charge in [-0.15, -0.1) is 0 Å². The zero-order valence-corrected chi connectivity index (χ0v) is 13.3. The first-order valence-electron chi connectivity index (χ1n) is 8.07. The second kappa shape index (κ2) is 5.45. The molecule has 3 N–H and O–H groups in total. The van der Waals surface area contributed by atoms with E-state index in [2.05, 4.69) is 38.2 Å². The van der Waals surface area contributed by atoms with Gasteiger partial charge in [-0.3, -0.25) is 4.79 Å². The van der Waals surface area contributed by atoms with Gasteiger partial charge in [0.05, 0.1) is 5.92 Å². The fraction of sp³-hybridized carbons (Fsp3) is 0.611. The van der Waals surface area contributed by atoms with Gasteiger partial charge in [-0.05, 0) is 68.6 Å². The van der Waals surface area contributed by atoms with Crippen molar-refractivity contribution in [1.82, 2.24) is 5.32 Å². The van der Waals surface area contributed by atoms with E-state index in [9.17, 15) is 4.79 Å². The third kappa shape index (κ3) is 2.59. The van der Waals surface area contributed by atoms with Crippen LogP contribution in [0, 0.1) is 38.5 Å². The lowest BCUT2D eigenvalue weighted by Gasteiger charge is -2.27. The number of nitrogens with one attached hydrogen (secondary N) is 1. The minimum atomic E-state index is 0.0369. The topological polar surface area (TPSA) is 55.1 Å². The zero-order valence-electron chi connectivity index (χ0n) is 13.3. The third-order valence-corrected chi connectivity index (χ3v) is 5.56. The molecule has 3 nitrogen and oxygen atoms in total. The Kier molecular flexibility index (Phi) is 3.78. The van der Waals surface area contributed by atoms with Crippen LogP contribution in [0.5, 0.6) is 0 Å². The summed E-state index contributed by atoms with van der Waals surface area (Å²) >= 11 is 0. The first-order valence-corrected chi connectivity index (χ1v) is 8.07. The Balaban J connectivity index is 1.67. The molecule has 3 rings (SSSR count). The van der Waals surface area contributed by atoms with Gasteiger partial charge in [0, 0.05) is 12.6 Å². The number of fused-ring (bicyclic) bond motifs is 2. The summed E-state index contributed by atoms with van der Waals surface area (Å²) in [6.45, 7) is 6.96. The molecule has 0 aliphatic heterocycles. The van der Waals surface area contributed by atoms with Gasteiger partial charge in [0.15, 0.2) is 0 Å². The van der Waals surface area contributed by atoms with Crippen molar-refractivity contribution in [3.8, 4) is 0 Å². The summed E-state index contributed by atoms with van der Waals surface area (Å²) < 4.78 is 0. The molecule has 2 bridgehead atoms. The summed E-state index contributed by atoms with van der Waals surface area (Å²) in [5.74, 6) is 1.29. The van der Waals surface area contributed by atoms with Gasteiger partial charge in [-0.25, -0.2) is 0 Å². The fourth-order valence-corrected chi connectivity index (χ4v) is 4.51. The molecule has 2 fully saturated rings. The van der Waals surface area contributed by atoms with Crippen LogP contribution in [0.15, 0.2) is 12.1 Å². The van der Waals surface area contributed by atoms with E-state index in [1.54, 1.807) is 0 Å². The molecule has 3 heteroatoms. The van der Waals surface area contributed by atoms with Gasteiger partial charge < -0.3 is 11.1 Å². The first kappa shape index (κ1) is 14.6. The lowest BCUT2D eigenvalue weighted by Crippen LogP contribution is -2.45. The Morgan fingerprint density at radius 1 is 1.19 bits per heavy atom. The van der Waals surface area contributed by atoms with Crippen molar-refractivity contribution in [3.05, 3.63) is 34.4 Å². The Morgan fingerprint density at radius 3 is 2.38 bits per heavy atom. The van der Waals surface area contributed by atoms with Crippen molar-refractivity contribution < 1.29 is 4.79 Å². The Labute approximate surface area is 127 Å². The van der Waals surface area contributed by atoms with Crippen molar-refractivity contribution >= 4 is 5.91 Å². The number of carbonyl (C=O) groups excluding carboxylic acids is 1. The second-order valence-electron chi connectivity index (χ2n) is 7.03. The monoisotopic (exact) mass is 286 g/mol. The number of hydrogen-bond acceptors (Lipinski definition) is 2. The number of aryl methyl sites for hydroxylation is 3. The van der Waals surface area contributed by atoms with Gasteiger partial charge >= 0.3 is 0 Å².